The first-order chi connectivity index (χ1) is 26.4. The summed E-state index contributed by atoms with van der Waals surface area (Å²) in [5, 5.41) is 8.02. The van der Waals surface area contributed by atoms with Crippen LogP contribution in [0, 0.1) is 17.8 Å². The van der Waals surface area contributed by atoms with E-state index in [2.05, 4.69) is 21.9 Å². The first-order valence-electron chi connectivity index (χ1n) is 17.6. The van der Waals surface area contributed by atoms with Crippen molar-refractivity contribution in [1.82, 2.24) is 30.7 Å². The van der Waals surface area contributed by atoms with Crippen LogP contribution in [-0.4, -0.2) is 160 Å². The lowest BCUT2D eigenvalue weighted by Gasteiger charge is -2.33. The molecule has 0 saturated carbocycles. The second-order valence-corrected chi connectivity index (χ2v) is 12.4. The van der Waals surface area contributed by atoms with E-state index in [0.717, 1.165) is 51.2 Å². The summed E-state index contributed by atoms with van der Waals surface area (Å²) in [5.41, 5.74) is -0.928. The quantitative estimate of drug-likeness (QED) is 0.0582. The second-order valence-electron chi connectivity index (χ2n) is 12.4. The number of carbonyl (C=O) groups is 9. The van der Waals surface area contributed by atoms with E-state index in [0.29, 0.717) is 6.42 Å². The number of terminal acetylenes is 1. The van der Waals surface area contributed by atoms with Crippen LogP contribution in [0.4, 0.5) is 0 Å². The van der Waals surface area contributed by atoms with Crippen molar-refractivity contribution in [3.05, 3.63) is 36.5 Å². The molecule has 3 aliphatic heterocycles. The number of hydrogen-bond acceptors (Lipinski definition) is 13. The van der Waals surface area contributed by atoms with Crippen molar-refractivity contribution in [1.29, 1.82) is 0 Å². The Labute approximate surface area is 376 Å². The maximum atomic E-state index is 12.3. The molecule has 0 aromatic rings. The van der Waals surface area contributed by atoms with Crippen LogP contribution in [0.2, 0.25) is 0 Å². The van der Waals surface area contributed by atoms with Gasteiger partial charge in [0.1, 0.15) is 0 Å². The minimum Gasteiger partial charge on any atom is -0.380 e. The molecule has 19 nitrogen and oxygen atoms in total. The summed E-state index contributed by atoms with van der Waals surface area (Å²) in [7, 11) is 0. The molecule has 0 aromatic carbocycles. The normalized spacial score (nSPS) is 13.2. The Bertz CT molecular complexity index is 1370. The molecule has 3 rings (SSSR count). The Morgan fingerprint density at radius 2 is 0.698 bits per heavy atom. The minimum absolute atomic E-state index is 0. The maximum Gasteiger partial charge on any atom is 0.253 e. The standard InChI is InChI=1S/C36H46N6O13.8CH4/c1-2-3-19-52-23-36(24-53-20-13-37-27(43)10-16-40-30(46)4-5-31(40)47,25-54-21-14-38-28(44)11-17-41-32(48)6-7-33(41)49)26-55-22-15-39-29(45)12-18-42-34(50)8-9-35(42)51;;;;;;;;/h1,4-9H,3,10-26H2,(H,37,43)(H,38,44)(H,39,45);8*1H4. The van der Waals surface area contributed by atoms with Crippen molar-refractivity contribution in [2.75, 3.05) is 92.1 Å². The number of amides is 9. The average Bonchev–Trinajstić information content (AvgIpc) is 3.78. The van der Waals surface area contributed by atoms with E-state index in [1.165, 1.54) is 0 Å². The largest absolute Gasteiger partial charge is 0.380 e. The molecule has 0 atom stereocenters. The van der Waals surface area contributed by atoms with E-state index in [4.69, 9.17) is 25.4 Å². The molecule has 19 heteroatoms. The molecule has 0 aromatic heterocycles. The first kappa shape index (κ1) is 69.2. The van der Waals surface area contributed by atoms with Gasteiger partial charge in [-0.1, -0.05) is 59.4 Å². The van der Waals surface area contributed by atoms with Gasteiger partial charge in [0.05, 0.1) is 58.3 Å². The average molecular weight is 899 g/mol. The van der Waals surface area contributed by atoms with Gasteiger partial charge in [0, 0.05) is 101 Å². The predicted octanol–water partition coefficient (Wildman–Crippen LogP) is 2.45. The number of carbonyl (C=O) groups excluding carboxylic acids is 9. The monoisotopic (exact) mass is 899 g/mol. The molecule has 63 heavy (non-hydrogen) atoms. The van der Waals surface area contributed by atoms with Gasteiger partial charge in [-0.2, -0.15) is 0 Å². The van der Waals surface area contributed by atoms with Crippen molar-refractivity contribution >= 4 is 53.2 Å². The van der Waals surface area contributed by atoms with Gasteiger partial charge in [-0.25, -0.2) is 0 Å². The van der Waals surface area contributed by atoms with Crippen LogP contribution in [0.15, 0.2) is 36.5 Å². The fourth-order valence-electron chi connectivity index (χ4n) is 5.18. The van der Waals surface area contributed by atoms with E-state index in [1.807, 2.05) is 0 Å². The topological polar surface area (TPSA) is 236 Å². The Hall–Kier alpha value is -5.55. The molecule has 0 bridgehead atoms. The van der Waals surface area contributed by atoms with Gasteiger partial charge in [0.2, 0.25) is 17.7 Å². The van der Waals surface area contributed by atoms with Crippen LogP contribution in [0.1, 0.15) is 85.1 Å². The van der Waals surface area contributed by atoms with Crippen molar-refractivity contribution in [2.45, 2.75) is 85.1 Å². The zero-order valence-electron chi connectivity index (χ0n) is 30.4. The summed E-state index contributed by atoms with van der Waals surface area (Å²) in [6.07, 6.45) is 12.3. The summed E-state index contributed by atoms with van der Waals surface area (Å²) < 4.78 is 23.6. The zero-order chi connectivity index (χ0) is 40.1. The van der Waals surface area contributed by atoms with Gasteiger partial charge in [-0.15, -0.1) is 12.3 Å². The molecule has 0 fully saturated rings. The number of imide groups is 3. The number of hydrogen-bond donors (Lipinski definition) is 3. The smallest absolute Gasteiger partial charge is 0.253 e. The van der Waals surface area contributed by atoms with Crippen LogP contribution in [0.5, 0.6) is 0 Å². The third-order valence-electron chi connectivity index (χ3n) is 8.12. The van der Waals surface area contributed by atoms with Crippen LogP contribution in [0.3, 0.4) is 0 Å². The lowest BCUT2D eigenvalue weighted by Crippen LogP contribution is -2.43. The summed E-state index contributed by atoms with van der Waals surface area (Å²) in [6, 6.07) is 0. The van der Waals surface area contributed by atoms with E-state index < -0.39 is 40.9 Å². The molecule has 9 amide bonds. The summed E-state index contributed by atoms with van der Waals surface area (Å²) in [6.45, 7) is 0.754. The number of ether oxygens (including phenoxy) is 4. The highest BCUT2D eigenvalue weighted by Crippen LogP contribution is 2.21. The summed E-state index contributed by atoms with van der Waals surface area (Å²) >= 11 is 0. The number of nitrogens with zero attached hydrogens (tertiary/aromatic N) is 3. The van der Waals surface area contributed by atoms with Crippen molar-refractivity contribution in [2.24, 2.45) is 5.41 Å². The van der Waals surface area contributed by atoms with Crippen molar-refractivity contribution in [3.8, 4) is 12.3 Å². The fourth-order valence-corrected chi connectivity index (χ4v) is 5.18. The van der Waals surface area contributed by atoms with Crippen LogP contribution in [0.25, 0.3) is 0 Å². The third-order valence-corrected chi connectivity index (χ3v) is 8.12. The minimum atomic E-state index is -0.928. The zero-order valence-corrected chi connectivity index (χ0v) is 30.4. The lowest BCUT2D eigenvalue weighted by atomic mass is 9.92. The first-order valence-corrected chi connectivity index (χ1v) is 17.6. The maximum absolute atomic E-state index is 12.3. The molecular formula is C44H78N6O13. The van der Waals surface area contributed by atoms with Crippen LogP contribution in [-0.2, 0) is 62.1 Å². The van der Waals surface area contributed by atoms with Crippen molar-refractivity contribution in [3.63, 3.8) is 0 Å². The van der Waals surface area contributed by atoms with E-state index >= 15 is 0 Å². The summed E-state index contributed by atoms with van der Waals surface area (Å²) in [5.74, 6) is -1.54. The molecule has 0 saturated heterocycles. The van der Waals surface area contributed by atoms with Gasteiger partial charge >= 0.3 is 0 Å². The molecular weight excluding hydrogens is 821 g/mol. The van der Waals surface area contributed by atoms with Gasteiger partial charge < -0.3 is 34.9 Å². The Balaban J connectivity index is -0.00000102. The number of rotatable bonds is 28. The number of nitrogens with one attached hydrogen (secondary N) is 3. The SMILES string of the molecule is C.C.C.C.C.C.C.C.C#CCCOCC(COCCNC(=O)CCN1C(=O)C=CC1=O)(COCCNC(=O)CCN1C(=O)C=CC1=O)COCCNC(=O)CCN1C(=O)C=CC1=O. The van der Waals surface area contributed by atoms with Crippen LogP contribution >= 0.6 is 0 Å². The lowest BCUT2D eigenvalue weighted by molar-refractivity contribution is -0.139. The fraction of sp³-hybridized carbons (Fsp3) is 0.614. The Morgan fingerprint density at radius 3 is 0.937 bits per heavy atom. The predicted molar refractivity (Wildman–Crippen MR) is 243 cm³/mol. The summed E-state index contributed by atoms with van der Waals surface area (Å²) in [4.78, 5) is 110. The van der Waals surface area contributed by atoms with E-state index in [-0.39, 0.29) is 189 Å². The Kier molecular flexibility index (Phi) is 40.7. The molecule has 362 valence electrons. The second kappa shape index (κ2) is 37.0. The molecule has 3 heterocycles. The molecule has 0 radical (unpaired) electrons. The van der Waals surface area contributed by atoms with E-state index in [1.54, 1.807) is 0 Å². The Morgan fingerprint density at radius 1 is 0.460 bits per heavy atom. The highest BCUT2D eigenvalue weighted by atomic mass is 16.5. The third kappa shape index (κ3) is 24.6. The van der Waals surface area contributed by atoms with Gasteiger partial charge in [-0.3, -0.25) is 57.9 Å². The molecule has 0 aliphatic carbocycles. The van der Waals surface area contributed by atoms with Crippen LogP contribution < -0.4 is 16.0 Å². The molecule has 3 N–H and O–H groups in total. The molecule has 0 unspecified atom stereocenters. The van der Waals surface area contributed by atoms with Crippen molar-refractivity contribution < 1.29 is 62.1 Å². The van der Waals surface area contributed by atoms with Gasteiger partial charge in [-0.05, 0) is 0 Å². The molecule has 3 aliphatic rings. The van der Waals surface area contributed by atoms with Gasteiger partial charge in [0.25, 0.3) is 35.4 Å². The van der Waals surface area contributed by atoms with E-state index in [9.17, 15) is 43.2 Å². The highest BCUT2D eigenvalue weighted by molar-refractivity contribution is 6.14. The van der Waals surface area contributed by atoms with Gasteiger partial charge in [0.15, 0.2) is 0 Å². The molecule has 0 spiro atoms. The highest BCUT2D eigenvalue weighted by Gasteiger charge is 2.33.